The molecule has 0 atom stereocenters. The number of rotatable bonds is 3. The van der Waals surface area contributed by atoms with Crippen molar-refractivity contribution < 1.29 is 4.39 Å². The van der Waals surface area contributed by atoms with Crippen LogP contribution in [0.4, 0.5) is 21.6 Å². The van der Waals surface area contributed by atoms with Crippen LogP contribution >= 0.6 is 15.9 Å². The third-order valence-electron chi connectivity index (χ3n) is 2.45. The van der Waals surface area contributed by atoms with Gasteiger partial charge in [-0.05, 0) is 46.3 Å². The van der Waals surface area contributed by atoms with E-state index in [2.05, 4.69) is 26.2 Å². The van der Waals surface area contributed by atoms with Crippen LogP contribution in [0, 0.1) is 5.82 Å². The van der Waals surface area contributed by atoms with Gasteiger partial charge in [0.1, 0.15) is 0 Å². The Morgan fingerprint density at radius 3 is 2.44 bits per heavy atom. The summed E-state index contributed by atoms with van der Waals surface area (Å²) in [6.07, 6.45) is 1.56. The molecule has 0 unspecified atom stereocenters. The van der Waals surface area contributed by atoms with Gasteiger partial charge in [-0.15, -0.1) is 0 Å². The van der Waals surface area contributed by atoms with E-state index in [1.54, 1.807) is 6.20 Å². The topological polar surface area (TPSA) is 28.2 Å². The molecule has 18 heavy (non-hydrogen) atoms. The van der Waals surface area contributed by atoms with E-state index in [0.29, 0.717) is 4.47 Å². The average Bonchev–Trinajstić information content (AvgIpc) is 2.33. The Bertz CT molecular complexity index is 540. The van der Waals surface area contributed by atoms with E-state index < -0.39 is 0 Å². The van der Waals surface area contributed by atoms with Crippen LogP contribution in [0.1, 0.15) is 0 Å². The average molecular weight is 310 g/mol. The molecule has 2 aromatic rings. The quantitative estimate of drug-likeness (QED) is 0.935. The van der Waals surface area contributed by atoms with E-state index in [4.69, 9.17) is 0 Å². The van der Waals surface area contributed by atoms with Crippen LogP contribution in [0.5, 0.6) is 0 Å². The Hall–Kier alpha value is -1.62. The van der Waals surface area contributed by atoms with Gasteiger partial charge in [0, 0.05) is 36.1 Å². The molecule has 0 fully saturated rings. The van der Waals surface area contributed by atoms with Crippen molar-refractivity contribution in [2.45, 2.75) is 0 Å². The molecule has 0 aliphatic rings. The molecule has 3 nitrogen and oxygen atoms in total. The summed E-state index contributed by atoms with van der Waals surface area (Å²) in [4.78, 5) is 5.99. The fourth-order valence-corrected chi connectivity index (χ4v) is 1.79. The van der Waals surface area contributed by atoms with Crippen LogP contribution in [-0.2, 0) is 0 Å². The number of pyridine rings is 1. The molecule has 0 aliphatic heterocycles. The van der Waals surface area contributed by atoms with Gasteiger partial charge in [0.05, 0.1) is 0 Å². The lowest BCUT2D eigenvalue weighted by atomic mass is 10.2. The molecular weight excluding hydrogens is 297 g/mol. The number of nitrogens with one attached hydrogen (secondary N) is 1. The van der Waals surface area contributed by atoms with Gasteiger partial charge < -0.3 is 10.2 Å². The number of halogens is 2. The zero-order valence-corrected chi connectivity index (χ0v) is 11.7. The van der Waals surface area contributed by atoms with E-state index in [9.17, 15) is 4.39 Å². The number of anilines is 3. The second kappa shape index (κ2) is 5.35. The lowest BCUT2D eigenvalue weighted by Crippen LogP contribution is -2.08. The van der Waals surface area contributed by atoms with Gasteiger partial charge in [-0.2, -0.15) is 0 Å². The van der Waals surface area contributed by atoms with Crippen molar-refractivity contribution in [1.29, 1.82) is 0 Å². The first-order valence-electron chi connectivity index (χ1n) is 5.42. The summed E-state index contributed by atoms with van der Waals surface area (Å²) in [7, 11) is 3.94. The zero-order valence-electron chi connectivity index (χ0n) is 10.1. The summed E-state index contributed by atoms with van der Waals surface area (Å²) < 4.78 is 14.2. The second-order valence-corrected chi connectivity index (χ2v) is 4.97. The van der Waals surface area contributed by atoms with E-state index in [1.807, 2.05) is 43.3 Å². The predicted octanol–water partition coefficient (Wildman–Crippen LogP) is 3.79. The van der Waals surface area contributed by atoms with Crippen molar-refractivity contribution >= 4 is 33.1 Å². The number of benzene rings is 1. The van der Waals surface area contributed by atoms with E-state index in [0.717, 1.165) is 11.4 Å². The van der Waals surface area contributed by atoms with Crippen molar-refractivity contribution in [2.24, 2.45) is 0 Å². The standard InChI is InChI=1S/C13H13BrFN3/c1-18(2)11-5-3-10(4-6-11)17-13-12(15)7-9(14)8-16-13/h3-8H,1-2H3,(H,16,17). The Labute approximate surface area is 114 Å². The minimum Gasteiger partial charge on any atom is -0.378 e. The molecule has 0 bridgehead atoms. The van der Waals surface area contributed by atoms with E-state index >= 15 is 0 Å². The van der Waals surface area contributed by atoms with Crippen LogP contribution in [-0.4, -0.2) is 19.1 Å². The van der Waals surface area contributed by atoms with E-state index in [1.165, 1.54) is 6.07 Å². The Morgan fingerprint density at radius 2 is 1.89 bits per heavy atom. The smallest absolute Gasteiger partial charge is 0.166 e. The molecule has 0 amide bonds. The first-order chi connectivity index (χ1) is 8.56. The predicted molar refractivity (Wildman–Crippen MR) is 75.9 cm³/mol. The minimum absolute atomic E-state index is 0.218. The van der Waals surface area contributed by atoms with E-state index in [-0.39, 0.29) is 11.6 Å². The molecule has 0 spiro atoms. The molecule has 0 radical (unpaired) electrons. The summed E-state index contributed by atoms with van der Waals surface area (Å²) in [6.45, 7) is 0. The fourth-order valence-electron chi connectivity index (χ4n) is 1.49. The molecule has 1 heterocycles. The molecule has 5 heteroatoms. The van der Waals surface area contributed by atoms with Gasteiger partial charge in [0.25, 0.3) is 0 Å². The minimum atomic E-state index is -0.388. The molecular formula is C13H13BrFN3. The van der Waals surface area contributed by atoms with Gasteiger partial charge in [0.2, 0.25) is 0 Å². The number of hydrogen-bond acceptors (Lipinski definition) is 3. The summed E-state index contributed by atoms with van der Waals surface area (Å²) in [5, 5.41) is 2.94. The summed E-state index contributed by atoms with van der Waals surface area (Å²) in [5.74, 6) is -0.170. The number of nitrogens with zero attached hydrogens (tertiary/aromatic N) is 2. The van der Waals surface area contributed by atoms with Crippen molar-refractivity contribution in [3.8, 4) is 0 Å². The first kappa shape index (κ1) is 12.8. The van der Waals surface area contributed by atoms with Gasteiger partial charge in [0.15, 0.2) is 11.6 Å². The highest BCUT2D eigenvalue weighted by atomic mass is 79.9. The normalized spacial score (nSPS) is 10.2. The van der Waals surface area contributed by atoms with Crippen LogP contribution in [0.3, 0.4) is 0 Å². The Balaban J connectivity index is 2.18. The maximum Gasteiger partial charge on any atom is 0.166 e. The number of hydrogen-bond donors (Lipinski definition) is 1. The van der Waals surface area contributed by atoms with Gasteiger partial charge in [-0.3, -0.25) is 0 Å². The molecule has 94 valence electrons. The monoisotopic (exact) mass is 309 g/mol. The lowest BCUT2D eigenvalue weighted by molar-refractivity contribution is 0.625. The van der Waals surface area contributed by atoms with Crippen molar-refractivity contribution in [1.82, 2.24) is 4.98 Å². The molecule has 2 rings (SSSR count). The second-order valence-electron chi connectivity index (χ2n) is 4.05. The maximum absolute atomic E-state index is 13.6. The summed E-state index contributed by atoms with van der Waals surface area (Å²) in [6, 6.07) is 9.07. The molecule has 1 aromatic carbocycles. The third kappa shape index (κ3) is 2.98. The molecule has 0 aliphatic carbocycles. The third-order valence-corrected chi connectivity index (χ3v) is 2.89. The largest absolute Gasteiger partial charge is 0.378 e. The van der Waals surface area contributed by atoms with Crippen molar-refractivity contribution in [3.05, 3.63) is 46.8 Å². The maximum atomic E-state index is 13.6. The Morgan fingerprint density at radius 1 is 1.22 bits per heavy atom. The molecule has 1 N–H and O–H groups in total. The first-order valence-corrected chi connectivity index (χ1v) is 6.21. The highest BCUT2D eigenvalue weighted by molar-refractivity contribution is 9.10. The van der Waals surface area contributed by atoms with Gasteiger partial charge in [-0.1, -0.05) is 0 Å². The summed E-state index contributed by atoms with van der Waals surface area (Å²) >= 11 is 3.17. The van der Waals surface area contributed by atoms with Crippen LogP contribution in [0.15, 0.2) is 41.0 Å². The van der Waals surface area contributed by atoms with Crippen LogP contribution < -0.4 is 10.2 Å². The zero-order chi connectivity index (χ0) is 13.1. The highest BCUT2D eigenvalue weighted by Crippen LogP contribution is 2.22. The Kier molecular flexibility index (Phi) is 3.81. The van der Waals surface area contributed by atoms with Crippen molar-refractivity contribution in [2.75, 3.05) is 24.3 Å². The summed E-state index contributed by atoms with van der Waals surface area (Å²) in [5.41, 5.74) is 1.89. The van der Waals surface area contributed by atoms with Crippen molar-refractivity contribution in [3.63, 3.8) is 0 Å². The van der Waals surface area contributed by atoms with Gasteiger partial charge >= 0.3 is 0 Å². The molecule has 0 saturated carbocycles. The molecule has 1 aromatic heterocycles. The van der Waals surface area contributed by atoms with Crippen LogP contribution in [0.25, 0.3) is 0 Å². The molecule has 0 saturated heterocycles. The number of aromatic nitrogens is 1. The fraction of sp³-hybridized carbons (Fsp3) is 0.154. The SMILES string of the molecule is CN(C)c1ccc(Nc2ncc(Br)cc2F)cc1. The lowest BCUT2D eigenvalue weighted by Gasteiger charge is -2.13. The highest BCUT2D eigenvalue weighted by Gasteiger charge is 2.04. The van der Waals surface area contributed by atoms with Crippen LogP contribution in [0.2, 0.25) is 0 Å². The van der Waals surface area contributed by atoms with Gasteiger partial charge in [-0.25, -0.2) is 9.37 Å².